The van der Waals surface area contributed by atoms with Gasteiger partial charge in [0.15, 0.2) is 11.7 Å². The monoisotopic (exact) mass is 415 g/mol. The molecule has 0 aliphatic heterocycles. The molecule has 3 aromatic rings. The van der Waals surface area contributed by atoms with Crippen LogP contribution in [0.2, 0.25) is 0 Å². The number of hydrogen-bond acceptors (Lipinski definition) is 9. The Hall–Kier alpha value is -3.40. The van der Waals surface area contributed by atoms with Gasteiger partial charge in [-0.15, -0.1) is 5.10 Å². The number of hydrogen-bond donors (Lipinski definition) is 1. The van der Waals surface area contributed by atoms with Gasteiger partial charge in [0.25, 0.3) is 0 Å². The molecule has 3 rings (SSSR count). The highest BCUT2D eigenvalue weighted by Crippen LogP contribution is 2.31. The maximum Gasteiger partial charge on any atom is 0.213 e. The SMILES string of the molecule is COc1cc(OC)cc(-c2nc(S/C(=C/c3ccc(N(C)C)o3)C(=O)[O-])n[nH]2)c1. The fourth-order valence-corrected chi connectivity index (χ4v) is 3.07. The van der Waals surface area contributed by atoms with Crippen LogP contribution < -0.4 is 19.5 Å². The topological polar surface area (TPSA) is 117 Å². The van der Waals surface area contributed by atoms with Gasteiger partial charge in [0, 0.05) is 36.7 Å². The van der Waals surface area contributed by atoms with Crippen molar-refractivity contribution < 1.29 is 23.8 Å². The summed E-state index contributed by atoms with van der Waals surface area (Å²) in [5.74, 6) is 1.26. The Morgan fingerprint density at radius 2 is 1.90 bits per heavy atom. The zero-order chi connectivity index (χ0) is 21.0. The number of rotatable bonds is 8. The molecule has 29 heavy (non-hydrogen) atoms. The van der Waals surface area contributed by atoms with Gasteiger partial charge >= 0.3 is 0 Å². The average molecular weight is 415 g/mol. The summed E-state index contributed by atoms with van der Waals surface area (Å²) in [6, 6.07) is 8.67. The lowest BCUT2D eigenvalue weighted by Crippen LogP contribution is -2.23. The second kappa shape index (κ2) is 8.74. The number of aliphatic carboxylic acids is 1. The van der Waals surface area contributed by atoms with Gasteiger partial charge in [0.2, 0.25) is 5.16 Å². The van der Waals surface area contributed by atoms with Crippen LogP contribution in [0.3, 0.4) is 0 Å². The Balaban J connectivity index is 1.85. The first-order valence-electron chi connectivity index (χ1n) is 8.43. The summed E-state index contributed by atoms with van der Waals surface area (Å²) < 4.78 is 16.1. The second-order valence-electron chi connectivity index (χ2n) is 6.04. The number of methoxy groups -OCH3 is 2. The molecule has 1 N–H and O–H groups in total. The highest BCUT2D eigenvalue weighted by Gasteiger charge is 2.13. The van der Waals surface area contributed by atoms with E-state index in [4.69, 9.17) is 13.9 Å². The first-order valence-corrected chi connectivity index (χ1v) is 9.25. The van der Waals surface area contributed by atoms with Crippen LogP contribution in [0, 0.1) is 0 Å². The largest absolute Gasteiger partial charge is 0.544 e. The van der Waals surface area contributed by atoms with E-state index in [1.807, 2.05) is 14.1 Å². The molecule has 0 bridgehead atoms. The molecule has 0 saturated heterocycles. The van der Waals surface area contributed by atoms with Crippen molar-refractivity contribution in [3.63, 3.8) is 0 Å². The zero-order valence-electron chi connectivity index (χ0n) is 16.3. The van der Waals surface area contributed by atoms with Crippen molar-refractivity contribution in [1.82, 2.24) is 15.2 Å². The smallest absolute Gasteiger partial charge is 0.213 e. The molecule has 0 unspecified atom stereocenters. The third-order valence-corrected chi connectivity index (χ3v) is 4.69. The molecule has 152 valence electrons. The van der Waals surface area contributed by atoms with Crippen molar-refractivity contribution >= 4 is 29.7 Å². The summed E-state index contributed by atoms with van der Waals surface area (Å²) in [5.41, 5.74) is 0.682. The van der Waals surface area contributed by atoms with E-state index in [-0.39, 0.29) is 10.1 Å². The van der Waals surface area contributed by atoms with Crippen LogP contribution in [0.5, 0.6) is 11.5 Å². The third kappa shape index (κ3) is 4.91. The molecule has 2 aromatic heterocycles. The molecule has 0 aliphatic rings. The number of aromatic amines is 1. The van der Waals surface area contributed by atoms with Crippen molar-refractivity contribution in [1.29, 1.82) is 0 Å². The second-order valence-corrected chi connectivity index (χ2v) is 7.05. The number of carbonyl (C=O) groups excluding carboxylic acids is 1. The van der Waals surface area contributed by atoms with E-state index < -0.39 is 5.97 Å². The lowest BCUT2D eigenvalue weighted by molar-refractivity contribution is -0.298. The normalized spacial score (nSPS) is 11.4. The van der Waals surface area contributed by atoms with Gasteiger partial charge in [-0.2, -0.15) is 0 Å². The van der Waals surface area contributed by atoms with Crippen LogP contribution in [0.1, 0.15) is 5.76 Å². The molecule has 1 aromatic carbocycles. The number of benzene rings is 1. The number of nitrogens with zero attached hydrogens (tertiary/aromatic N) is 3. The van der Waals surface area contributed by atoms with Crippen molar-refractivity contribution in [3.8, 4) is 22.9 Å². The minimum Gasteiger partial charge on any atom is -0.544 e. The number of aromatic nitrogens is 3. The number of thioether (sulfide) groups is 1. The van der Waals surface area contributed by atoms with E-state index in [0.29, 0.717) is 34.5 Å². The van der Waals surface area contributed by atoms with Crippen LogP contribution in [0.15, 0.2) is 44.8 Å². The fourth-order valence-electron chi connectivity index (χ4n) is 2.38. The first-order chi connectivity index (χ1) is 13.9. The van der Waals surface area contributed by atoms with Crippen LogP contribution in [-0.2, 0) is 4.79 Å². The average Bonchev–Trinajstić information content (AvgIpc) is 3.36. The number of H-pyrrole nitrogens is 1. The zero-order valence-corrected chi connectivity index (χ0v) is 17.1. The van der Waals surface area contributed by atoms with Crippen LogP contribution in [0.25, 0.3) is 17.5 Å². The van der Waals surface area contributed by atoms with E-state index in [1.54, 1.807) is 49.5 Å². The standard InChI is InChI=1S/C19H20N4O5S/c1-23(2)16-6-5-12(28-16)10-15(18(24)25)29-19-20-17(21-22-19)11-7-13(26-3)9-14(8-11)27-4/h5-10H,1-4H3,(H,24,25)(H,20,21,22)/p-1/b15-10+. The van der Waals surface area contributed by atoms with Gasteiger partial charge in [0.05, 0.1) is 20.2 Å². The lowest BCUT2D eigenvalue weighted by atomic mass is 10.2. The Bertz CT molecular complexity index is 1020. The summed E-state index contributed by atoms with van der Waals surface area (Å²) in [7, 11) is 6.74. The number of anilines is 1. The summed E-state index contributed by atoms with van der Waals surface area (Å²) in [5, 5.41) is 18.6. The molecule has 0 saturated carbocycles. The summed E-state index contributed by atoms with van der Waals surface area (Å²) >= 11 is 0.854. The summed E-state index contributed by atoms with van der Waals surface area (Å²) in [6.07, 6.45) is 1.37. The van der Waals surface area contributed by atoms with Crippen LogP contribution >= 0.6 is 11.8 Å². The van der Waals surface area contributed by atoms with Gasteiger partial charge in [-0.25, -0.2) is 4.98 Å². The van der Waals surface area contributed by atoms with Crippen molar-refractivity contribution in [2.24, 2.45) is 0 Å². The number of carboxylic acids is 1. The number of furan rings is 1. The maximum atomic E-state index is 11.5. The molecular weight excluding hydrogens is 396 g/mol. The van der Waals surface area contributed by atoms with Crippen molar-refractivity contribution in [3.05, 3.63) is 41.0 Å². The molecule has 0 fully saturated rings. The first kappa shape index (κ1) is 20.3. The van der Waals surface area contributed by atoms with Gasteiger partial charge in [-0.3, -0.25) is 5.10 Å². The Morgan fingerprint density at radius 3 is 2.45 bits per heavy atom. The quantitative estimate of drug-likeness (QED) is 0.436. The minimum absolute atomic E-state index is 0.0848. The molecular formula is C19H19N4O5S-. The summed E-state index contributed by atoms with van der Waals surface area (Å²) in [4.78, 5) is 17.6. The molecule has 0 amide bonds. The highest BCUT2D eigenvalue weighted by atomic mass is 32.2. The number of nitrogens with one attached hydrogen (secondary N) is 1. The Morgan fingerprint density at radius 1 is 1.21 bits per heavy atom. The highest BCUT2D eigenvalue weighted by molar-refractivity contribution is 8.04. The Labute approximate surface area is 171 Å². The van der Waals surface area contributed by atoms with Gasteiger partial charge in [-0.05, 0) is 36.0 Å². The molecule has 0 spiro atoms. The third-order valence-electron chi connectivity index (χ3n) is 3.82. The molecule has 10 heteroatoms. The maximum absolute atomic E-state index is 11.5. The number of carbonyl (C=O) groups is 1. The van der Waals surface area contributed by atoms with E-state index in [2.05, 4.69) is 15.2 Å². The molecule has 0 atom stereocenters. The predicted molar refractivity (Wildman–Crippen MR) is 107 cm³/mol. The minimum atomic E-state index is -1.35. The molecule has 0 radical (unpaired) electrons. The van der Waals surface area contributed by atoms with E-state index in [0.717, 1.165) is 11.8 Å². The Kier molecular flexibility index (Phi) is 6.13. The van der Waals surface area contributed by atoms with E-state index >= 15 is 0 Å². The van der Waals surface area contributed by atoms with Crippen LogP contribution in [-0.4, -0.2) is 49.5 Å². The lowest BCUT2D eigenvalue weighted by Gasteiger charge is -2.07. The number of carboxylic acid groups (broad SMARTS) is 1. The predicted octanol–water partition coefficient (Wildman–Crippen LogP) is 2.03. The van der Waals surface area contributed by atoms with Crippen molar-refractivity contribution in [2.75, 3.05) is 33.2 Å². The molecule has 9 nitrogen and oxygen atoms in total. The van der Waals surface area contributed by atoms with E-state index in [9.17, 15) is 9.90 Å². The fraction of sp³-hybridized carbons (Fsp3) is 0.211. The van der Waals surface area contributed by atoms with Gasteiger partial charge in [0.1, 0.15) is 17.3 Å². The molecule has 0 aliphatic carbocycles. The van der Waals surface area contributed by atoms with Gasteiger partial charge < -0.3 is 28.7 Å². The van der Waals surface area contributed by atoms with Gasteiger partial charge in [-0.1, -0.05) is 0 Å². The summed E-state index contributed by atoms with van der Waals surface area (Å²) in [6.45, 7) is 0. The van der Waals surface area contributed by atoms with E-state index in [1.165, 1.54) is 6.08 Å². The molecule has 2 heterocycles. The number of ether oxygens (including phenoxy) is 2. The van der Waals surface area contributed by atoms with Crippen molar-refractivity contribution in [2.45, 2.75) is 5.16 Å². The van der Waals surface area contributed by atoms with Crippen LogP contribution in [0.4, 0.5) is 5.88 Å².